The van der Waals surface area contributed by atoms with Crippen LogP contribution < -0.4 is 10.5 Å². The molecule has 2 N–H and O–H groups in total. The van der Waals surface area contributed by atoms with Crippen LogP contribution in [0.3, 0.4) is 0 Å². The summed E-state index contributed by atoms with van der Waals surface area (Å²) in [5, 5.41) is 0. The summed E-state index contributed by atoms with van der Waals surface area (Å²) in [6.45, 7) is 4.40. The minimum atomic E-state index is 0.375. The van der Waals surface area contributed by atoms with Gasteiger partial charge in [0.25, 0.3) is 0 Å². The van der Waals surface area contributed by atoms with E-state index in [-0.39, 0.29) is 0 Å². The Hall–Kier alpha value is -1.50. The molecular formula is C18H26N2O. The summed E-state index contributed by atoms with van der Waals surface area (Å²) in [6.07, 6.45) is 5.03. The first-order valence-electron chi connectivity index (χ1n) is 7.83. The number of hydrogen-bond donors (Lipinski definition) is 1. The molecule has 21 heavy (non-hydrogen) atoms. The molecule has 1 aliphatic rings. The van der Waals surface area contributed by atoms with Gasteiger partial charge in [-0.15, -0.1) is 0 Å². The third-order valence-corrected chi connectivity index (χ3v) is 4.09. The summed E-state index contributed by atoms with van der Waals surface area (Å²) >= 11 is 0. The van der Waals surface area contributed by atoms with Gasteiger partial charge in [0.2, 0.25) is 0 Å². The van der Waals surface area contributed by atoms with Crippen LogP contribution in [0.4, 0.5) is 0 Å². The Bertz CT molecular complexity index is 516. The molecule has 0 aromatic heterocycles. The summed E-state index contributed by atoms with van der Waals surface area (Å²) in [5.41, 5.74) is 7.59. The quantitative estimate of drug-likeness (QED) is 0.865. The molecule has 0 spiro atoms. The largest absolute Gasteiger partial charge is 0.492 e. The second-order valence-electron chi connectivity index (χ2n) is 5.77. The Labute approximate surface area is 128 Å². The average Bonchev–Trinajstić information content (AvgIpc) is 2.49. The summed E-state index contributed by atoms with van der Waals surface area (Å²) in [7, 11) is 2.22. The van der Waals surface area contributed by atoms with E-state index in [9.17, 15) is 0 Å². The van der Waals surface area contributed by atoms with Crippen LogP contribution in [-0.4, -0.2) is 37.7 Å². The molecule has 114 valence electrons. The normalized spacial score (nSPS) is 18.9. The summed E-state index contributed by atoms with van der Waals surface area (Å²) in [6, 6.07) is 6.80. The van der Waals surface area contributed by atoms with Gasteiger partial charge in [0.1, 0.15) is 5.75 Å². The van der Waals surface area contributed by atoms with Gasteiger partial charge in [-0.2, -0.15) is 0 Å². The number of aryl methyl sites for hydroxylation is 1. The zero-order valence-electron chi connectivity index (χ0n) is 13.2. The molecule has 0 bridgehead atoms. The molecule has 3 heteroatoms. The van der Waals surface area contributed by atoms with Crippen LogP contribution >= 0.6 is 0 Å². The molecule has 1 fully saturated rings. The minimum absolute atomic E-state index is 0.375. The molecule has 1 aromatic carbocycles. The number of benzene rings is 1. The number of piperidine rings is 1. The van der Waals surface area contributed by atoms with Gasteiger partial charge in [-0.3, -0.25) is 0 Å². The Kier molecular flexibility index (Phi) is 6.10. The number of nitrogens with zero attached hydrogens (tertiary/aromatic N) is 1. The van der Waals surface area contributed by atoms with E-state index >= 15 is 0 Å². The maximum Gasteiger partial charge on any atom is 0.134 e. The summed E-state index contributed by atoms with van der Waals surface area (Å²) in [4.78, 5) is 2.46. The Morgan fingerprint density at radius 2 is 2.24 bits per heavy atom. The van der Waals surface area contributed by atoms with E-state index < -0.39 is 0 Å². The lowest BCUT2D eigenvalue weighted by Crippen LogP contribution is -2.37. The highest BCUT2D eigenvalue weighted by Gasteiger charge is 2.18. The molecule has 0 aliphatic carbocycles. The van der Waals surface area contributed by atoms with Crippen molar-refractivity contribution in [2.24, 2.45) is 5.73 Å². The van der Waals surface area contributed by atoms with Crippen LogP contribution in [0.1, 0.15) is 36.8 Å². The molecule has 1 atom stereocenters. The lowest BCUT2D eigenvalue weighted by molar-refractivity contribution is 0.153. The topological polar surface area (TPSA) is 38.5 Å². The Morgan fingerprint density at radius 3 is 3.00 bits per heavy atom. The molecule has 0 amide bonds. The van der Waals surface area contributed by atoms with E-state index in [0.29, 0.717) is 12.6 Å². The highest BCUT2D eigenvalue weighted by molar-refractivity contribution is 5.48. The first kappa shape index (κ1) is 15.9. The zero-order valence-corrected chi connectivity index (χ0v) is 13.2. The van der Waals surface area contributed by atoms with Crippen LogP contribution in [0.2, 0.25) is 0 Å². The van der Waals surface area contributed by atoms with Crippen molar-refractivity contribution in [1.82, 2.24) is 4.90 Å². The third kappa shape index (κ3) is 4.77. The van der Waals surface area contributed by atoms with Crippen molar-refractivity contribution < 1.29 is 4.74 Å². The van der Waals surface area contributed by atoms with Crippen molar-refractivity contribution in [3.8, 4) is 17.6 Å². The van der Waals surface area contributed by atoms with Crippen LogP contribution in [0.5, 0.6) is 5.75 Å². The number of hydrogen-bond acceptors (Lipinski definition) is 3. The Morgan fingerprint density at radius 1 is 1.38 bits per heavy atom. The van der Waals surface area contributed by atoms with Gasteiger partial charge in [-0.1, -0.05) is 24.3 Å². The molecule has 0 saturated carbocycles. The molecule has 3 nitrogen and oxygen atoms in total. The first-order valence-corrected chi connectivity index (χ1v) is 7.83. The van der Waals surface area contributed by atoms with Crippen molar-refractivity contribution in [1.29, 1.82) is 0 Å². The fourth-order valence-electron chi connectivity index (χ4n) is 2.83. The zero-order chi connectivity index (χ0) is 15.1. The smallest absolute Gasteiger partial charge is 0.134 e. The Balaban J connectivity index is 1.93. The molecule has 1 aromatic rings. The van der Waals surface area contributed by atoms with Crippen molar-refractivity contribution in [3.05, 3.63) is 29.3 Å². The van der Waals surface area contributed by atoms with Gasteiger partial charge in [-0.05, 0) is 57.5 Å². The van der Waals surface area contributed by atoms with Crippen LogP contribution in [0, 0.1) is 18.8 Å². The van der Waals surface area contributed by atoms with Crippen molar-refractivity contribution >= 4 is 0 Å². The highest BCUT2D eigenvalue weighted by atomic mass is 16.5. The minimum Gasteiger partial charge on any atom is -0.492 e. The van der Waals surface area contributed by atoms with E-state index in [1.165, 1.54) is 31.4 Å². The van der Waals surface area contributed by atoms with E-state index in [1.807, 2.05) is 6.07 Å². The van der Waals surface area contributed by atoms with Gasteiger partial charge in [-0.25, -0.2) is 0 Å². The van der Waals surface area contributed by atoms with Gasteiger partial charge in [0.15, 0.2) is 0 Å². The highest BCUT2D eigenvalue weighted by Crippen LogP contribution is 2.21. The molecule has 0 radical (unpaired) electrons. The van der Waals surface area contributed by atoms with Gasteiger partial charge in [0, 0.05) is 6.04 Å². The fraction of sp³-hybridized carbons (Fsp3) is 0.556. The van der Waals surface area contributed by atoms with E-state index in [2.05, 4.69) is 42.8 Å². The summed E-state index contributed by atoms with van der Waals surface area (Å²) in [5.74, 6) is 6.88. The van der Waals surface area contributed by atoms with Crippen molar-refractivity contribution in [3.63, 3.8) is 0 Å². The second-order valence-corrected chi connectivity index (χ2v) is 5.77. The predicted molar refractivity (Wildman–Crippen MR) is 87.5 cm³/mol. The van der Waals surface area contributed by atoms with Gasteiger partial charge < -0.3 is 15.4 Å². The van der Waals surface area contributed by atoms with Crippen LogP contribution in [-0.2, 0) is 0 Å². The molecule has 1 heterocycles. The molecule has 1 aliphatic heterocycles. The molecular weight excluding hydrogens is 260 g/mol. The van der Waals surface area contributed by atoms with E-state index in [4.69, 9.17) is 10.5 Å². The second kappa shape index (κ2) is 8.07. The molecule has 1 unspecified atom stereocenters. The first-order chi connectivity index (χ1) is 10.2. The predicted octanol–water partition coefficient (Wildman–Crippen LogP) is 2.56. The standard InChI is InChI=1S/C18H26N2O/c1-15-8-9-18(16(14-15)6-5-11-19)21-13-10-17-7-3-4-12-20(17)2/h8-9,14,17H,3-4,7,10-13,19H2,1-2H3. The van der Waals surface area contributed by atoms with Crippen LogP contribution in [0.25, 0.3) is 0 Å². The number of nitrogens with two attached hydrogens (primary N) is 1. The maximum atomic E-state index is 5.97. The SMILES string of the molecule is Cc1ccc(OCCC2CCCCN2C)c(C#CCN)c1. The average molecular weight is 286 g/mol. The lowest BCUT2D eigenvalue weighted by Gasteiger charge is -2.32. The van der Waals surface area contributed by atoms with E-state index in [1.54, 1.807) is 0 Å². The maximum absolute atomic E-state index is 5.97. The molecule has 2 rings (SSSR count). The summed E-state index contributed by atoms with van der Waals surface area (Å²) < 4.78 is 5.97. The number of ether oxygens (including phenoxy) is 1. The van der Waals surface area contributed by atoms with Crippen LogP contribution in [0.15, 0.2) is 18.2 Å². The van der Waals surface area contributed by atoms with Gasteiger partial charge >= 0.3 is 0 Å². The number of likely N-dealkylation sites (tertiary alicyclic amines) is 1. The number of rotatable bonds is 4. The third-order valence-electron chi connectivity index (χ3n) is 4.09. The monoisotopic (exact) mass is 286 g/mol. The van der Waals surface area contributed by atoms with Crippen molar-refractivity contribution in [2.45, 2.75) is 38.6 Å². The lowest BCUT2D eigenvalue weighted by atomic mass is 10.0. The van der Waals surface area contributed by atoms with Gasteiger partial charge in [0.05, 0.1) is 18.7 Å². The fourth-order valence-corrected chi connectivity index (χ4v) is 2.83. The van der Waals surface area contributed by atoms with Crippen molar-refractivity contribution in [2.75, 3.05) is 26.7 Å². The molecule has 1 saturated heterocycles. The van der Waals surface area contributed by atoms with E-state index in [0.717, 1.165) is 24.3 Å².